The molecule has 3 N–H and O–H groups in total. The van der Waals surface area contributed by atoms with Gasteiger partial charge in [0.1, 0.15) is 12.4 Å². The summed E-state index contributed by atoms with van der Waals surface area (Å²) in [5, 5.41) is 2.81. The first-order chi connectivity index (χ1) is 9.58. The van der Waals surface area contributed by atoms with Gasteiger partial charge in [-0.1, -0.05) is 20.3 Å². The maximum Gasteiger partial charge on any atom is 0.241 e. The number of nitrogens with one attached hydrogen (secondary N) is 1. The third-order valence-electron chi connectivity index (χ3n) is 3.24. The van der Waals surface area contributed by atoms with Crippen LogP contribution in [-0.4, -0.2) is 32.3 Å². The molecule has 0 aromatic heterocycles. The van der Waals surface area contributed by atoms with Gasteiger partial charge in [-0.2, -0.15) is 0 Å². The van der Waals surface area contributed by atoms with Gasteiger partial charge in [0.2, 0.25) is 5.91 Å². The molecule has 0 spiro atoms. The topological polar surface area (TPSA) is 73.6 Å². The average Bonchev–Trinajstić information content (AvgIpc) is 2.47. The fourth-order valence-electron chi connectivity index (χ4n) is 1.62. The van der Waals surface area contributed by atoms with Crippen molar-refractivity contribution in [1.82, 2.24) is 0 Å². The number of hydrogen-bond acceptors (Lipinski definition) is 4. The number of nitrogens with two attached hydrogens (primary N) is 1. The Labute approximate surface area is 120 Å². The van der Waals surface area contributed by atoms with Gasteiger partial charge in [-0.25, -0.2) is 0 Å². The van der Waals surface area contributed by atoms with Gasteiger partial charge in [-0.05, 0) is 30.2 Å². The molecule has 0 heterocycles. The van der Waals surface area contributed by atoms with Crippen molar-refractivity contribution in [1.29, 1.82) is 0 Å². The summed E-state index contributed by atoms with van der Waals surface area (Å²) in [7, 11) is 1.63. The molecule has 0 radical (unpaired) electrons. The SMILES string of the molecule is CCC(C)C(N)C(=O)Nc1ccc(OCCOC)cc1. The van der Waals surface area contributed by atoms with E-state index < -0.39 is 6.04 Å². The summed E-state index contributed by atoms with van der Waals surface area (Å²) in [5.74, 6) is 0.741. The van der Waals surface area contributed by atoms with Gasteiger partial charge in [0.15, 0.2) is 0 Å². The molecule has 2 unspecified atom stereocenters. The smallest absolute Gasteiger partial charge is 0.241 e. The summed E-state index contributed by atoms with van der Waals surface area (Å²) in [6, 6.07) is 6.71. The van der Waals surface area contributed by atoms with Gasteiger partial charge in [0.05, 0.1) is 12.6 Å². The van der Waals surface area contributed by atoms with E-state index in [0.29, 0.717) is 18.9 Å². The molecule has 5 nitrogen and oxygen atoms in total. The van der Waals surface area contributed by atoms with Crippen LogP contribution in [0.2, 0.25) is 0 Å². The van der Waals surface area contributed by atoms with Crippen molar-refractivity contribution in [2.75, 3.05) is 25.6 Å². The van der Waals surface area contributed by atoms with Gasteiger partial charge in [0.25, 0.3) is 0 Å². The van der Waals surface area contributed by atoms with E-state index in [2.05, 4.69) is 5.32 Å². The molecule has 0 aliphatic rings. The highest BCUT2D eigenvalue weighted by Crippen LogP contribution is 2.16. The van der Waals surface area contributed by atoms with Gasteiger partial charge in [-0.3, -0.25) is 4.79 Å². The van der Waals surface area contributed by atoms with E-state index in [4.69, 9.17) is 15.2 Å². The van der Waals surface area contributed by atoms with Crippen LogP contribution in [0, 0.1) is 5.92 Å². The zero-order valence-electron chi connectivity index (χ0n) is 12.4. The quantitative estimate of drug-likeness (QED) is 0.715. The molecule has 1 aromatic rings. The zero-order valence-corrected chi connectivity index (χ0v) is 12.4. The van der Waals surface area contributed by atoms with E-state index in [1.165, 1.54) is 0 Å². The molecule has 0 bridgehead atoms. The van der Waals surface area contributed by atoms with Crippen LogP contribution in [0.3, 0.4) is 0 Å². The number of methoxy groups -OCH3 is 1. The summed E-state index contributed by atoms with van der Waals surface area (Å²) in [6.45, 7) is 5.03. The van der Waals surface area contributed by atoms with Crippen LogP contribution in [0.25, 0.3) is 0 Å². The lowest BCUT2D eigenvalue weighted by molar-refractivity contribution is -0.118. The maximum atomic E-state index is 11.9. The van der Waals surface area contributed by atoms with Crippen molar-refractivity contribution in [3.63, 3.8) is 0 Å². The molecular formula is C15H24N2O3. The Morgan fingerprint density at radius 1 is 1.30 bits per heavy atom. The first-order valence-electron chi connectivity index (χ1n) is 6.86. The van der Waals surface area contributed by atoms with Crippen LogP contribution in [-0.2, 0) is 9.53 Å². The number of hydrogen-bond donors (Lipinski definition) is 2. The summed E-state index contributed by atoms with van der Waals surface area (Å²) in [4.78, 5) is 11.9. The third kappa shape index (κ3) is 5.19. The molecule has 1 amide bonds. The minimum atomic E-state index is -0.488. The number of benzene rings is 1. The zero-order chi connectivity index (χ0) is 15.0. The van der Waals surface area contributed by atoms with Gasteiger partial charge in [-0.15, -0.1) is 0 Å². The largest absolute Gasteiger partial charge is 0.491 e. The summed E-state index contributed by atoms with van der Waals surface area (Å²) in [5.41, 5.74) is 6.59. The highest BCUT2D eigenvalue weighted by Gasteiger charge is 2.19. The molecular weight excluding hydrogens is 256 g/mol. The van der Waals surface area contributed by atoms with Crippen molar-refractivity contribution in [2.24, 2.45) is 11.7 Å². The van der Waals surface area contributed by atoms with Crippen molar-refractivity contribution in [3.8, 4) is 5.75 Å². The number of carbonyl (C=O) groups excluding carboxylic acids is 1. The average molecular weight is 280 g/mol. The second kappa shape index (κ2) is 8.55. The predicted molar refractivity (Wildman–Crippen MR) is 79.9 cm³/mol. The Bertz CT molecular complexity index is 406. The van der Waals surface area contributed by atoms with Gasteiger partial charge in [0, 0.05) is 12.8 Å². The minimum absolute atomic E-state index is 0.159. The molecule has 20 heavy (non-hydrogen) atoms. The fraction of sp³-hybridized carbons (Fsp3) is 0.533. The second-order valence-corrected chi connectivity index (χ2v) is 4.77. The highest BCUT2D eigenvalue weighted by atomic mass is 16.5. The number of rotatable bonds is 8. The lowest BCUT2D eigenvalue weighted by Gasteiger charge is -2.17. The van der Waals surface area contributed by atoms with Crippen molar-refractivity contribution < 1.29 is 14.3 Å². The van der Waals surface area contributed by atoms with Crippen molar-refractivity contribution >= 4 is 11.6 Å². The Balaban J connectivity index is 2.50. The van der Waals surface area contributed by atoms with Gasteiger partial charge >= 0.3 is 0 Å². The standard InChI is InChI=1S/C15H24N2O3/c1-4-11(2)14(16)15(18)17-12-5-7-13(8-6-12)20-10-9-19-3/h5-8,11,14H,4,9-10,16H2,1-3H3,(H,17,18). The van der Waals surface area contributed by atoms with E-state index in [9.17, 15) is 4.79 Å². The molecule has 112 valence electrons. The van der Waals surface area contributed by atoms with E-state index in [1.54, 1.807) is 31.4 Å². The lowest BCUT2D eigenvalue weighted by atomic mass is 9.99. The monoisotopic (exact) mass is 280 g/mol. The van der Waals surface area contributed by atoms with E-state index in [-0.39, 0.29) is 11.8 Å². The van der Waals surface area contributed by atoms with Crippen molar-refractivity contribution in [3.05, 3.63) is 24.3 Å². The molecule has 1 aromatic carbocycles. The Kier molecular flexibility index (Phi) is 7.04. The van der Waals surface area contributed by atoms with Crippen LogP contribution < -0.4 is 15.8 Å². The third-order valence-corrected chi connectivity index (χ3v) is 3.24. The predicted octanol–water partition coefficient (Wildman–Crippen LogP) is 2.02. The Morgan fingerprint density at radius 2 is 1.95 bits per heavy atom. The van der Waals surface area contributed by atoms with Gasteiger partial charge < -0.3 is 20.5 Å². The molecule has 0 aliphatic carbocycles. The van der Waals surface area contributed by atoms with Crippen LogP contribution >= 0.6 is 0 Å². The first kappa shape index (κ1) is 16.5. The van der Waals surface area contributed by atoms with Crippen LogP contribution in [0.1, 0.15) is 20.3 Å². The number of amides is 1. The number of ether oxygens (including phenoxy) is 2. The fourth-order valence-corrected chi connectivity index (χ4v) is 1.62. The maximum absolute atomic E-state index is 11.9. The summed E-state index contributed by atoms with van der Waals surface area (Å²) >= 11 is 0. The molecule has 0 aliphatic heterocycles. The minimum Gasteiger partial charge on any atom is -0.491 e. The molecule has 0 saturated carbocycles. The molecule has 0 fully saturated rings. The first-order valence-corrected chi connectivity index (χ1v) is 6.86. The molecule has 2 atom stereocenters. The van der Waals surface area contributed by atoms with E-state index in [1.807, 2.05) is 13.8 Å². The number of anilines is 1. The summed E-state index contributed by atoms with van der Waals surface area (Å²) in [6.07, 6.45) is 0.876. The van der Waals surface area contributed by atoms with E-state index in [0.717, 1.165) is 12.2 Å². The normalized spacial score (nSPS) is 13.6. The molecule has 1 rings (SSSR count). The summed E-state index contributed by atoms with van der Waals surface area (Å²) < 4.78 is 10.4. The number of carbonyl (C=O) groups is 1. The molecule has 5 heteroatoms. The molecule has 0 saturated heterocycles. The van der Waals surface area contributed by atoms with Crippen LogP contribution in [0.5, 0.6) is 5.75 Å². The Hall–Kier alpha value is -1.59. The van der Waals surface area contributed by atoms with Crippen LogP contribution in [0.4, 0.5) is 5.69 Å². The Morgan fingerprint density at radius 3 is 2.50 bits per heavy atom. The second-order valence-electron chi connectivity index (χ2n) is 4.77. The van der Waals surface area contributed by atoms with E-state index >= 15 is 0 Å². The van der Waals surface area contributed by atoms with Crippen LogP contribution in [0.15, 0.2) is 24.3 Å². The lowest BCUT2D eigenvalue weighted by Crippen LogP contribution is -2.40. The highest BCUT2D eigenvalue weighted by molar-refractivity contribution is 5.94. The van der Waals surface area contributed by atoms with Crippen molar-refractivity contribution in [2.45, 2.75) is 26.3 Å².